The molecule has 2 N–H and O–H groups in total. The maximum absolute atomic E-state index is 12.4. The average Bonchev–Trinajstić information content (AvgIpc) is 2.55. The van der Waals surface area contributed by atoms with E-state index in [1.807, 2.05) is 49.4 Å². The molecule has 0 aromatic heterocycles. The molecule has 0 saturated heterocycles. The summed E-state index contributed by atoms with van der Waals surface area (Å²) in [6, 6.07) is 15.1. The third kappa shape index (κ3) is 4.25. The van der Waals surface area contributed by atoms with Crippen molar-refractivity contribution in [3.8, 4) is 5.75 Å². The minimum atomic E-state index is -0.361. The molecular weight excluding hydrogens is 288 g/mol. The lowest BCUT2D eigenvalue weighted by atomic mass is 10.0. The Labute approximate surface area is 137 Å². The third-order valence-corrected chi connectivity index (χ3v) is 3.71. The molecule has 0 aliphatic rings. The molecule has 2 aromatic carbocycles. The number of carbonyl (C=O) groups excluding carboxylic acids is 1. The van der Waals surface area contributed by atoms with Gasteiger partial charge < -0.3 is 15.4 Å². The van der Waals surface area contributed by atoms with E-state index in [-0.39, 0.29) is 11.9 Å². The van der Waals surface area contributed by atoms with Crippen LogP contribution in [0.15, 0.2) is 48.5 Å². The summed E-state index contributed by atoms with van der Waals surface area (Å²) in [4.78, 5) is 12.4. The van der Waals surface area contributed by atoms with Crippen LogP contribution in [-0.4, -0.2) is 19.1 Å². The molecule has 2 aromatic rings. The van der Waals surface area contributed by atoms with E-state index in [9.17, 15) is 4.79 Å². The zero-order valence-corrected chi connectivity index (χ0v) is 14.1. The Morgan fingerprint density at radius 3 is 2.22 bits per heavy atom. The maximum Gasteiger partial charge on any atom is 0.246 e. The van der Waals surface area contributed by atoms with Crippen LogP contribution in [0.25, 0.3) is 0 Å². The van der Waals surface area contributed by atoms with E-state index >= 15 is 0 Å². The van der Waals surface area contributed by atoms with Gasteiger partial charge in [0.25, 0.3) is 0 Å². The van der Waals surface area contributed by atoms with Crippen LogP contribution in [0.3, 0.4) is 0 Å². The Bertz CT molecular complexity index is 668. The molecule has 0 aliphatic heterocycles. The molecule has 2 rings (SSSR count). The van der Waals surface area contributed by atoms with Crippen molar-refractivity contribution in [3.05, 3.63) is 54.1 Å². The molecule has 4 heteroatoms. The van der Waals surface area contributed by atoms with Crippen LogP contribution in [0.1, 0.15) is 32.3 Å². The second kappa shape index (κ2) is 7.68. The van der Waals surface area contributed by atoms with Gasteiger partial charge in [0.15, 0.2) is 0 Å². The van der Waals surface area contributed by atoms with Crippen LogP contribution in [-0.2, 0) is 4.79 Å². The number of hydrogen-bond donors (Lipinski definition) is 2. The molecule has 1 atom stereocenters. The fraction of sp³-hybridized carbons (Fsp3) is 0.316. The topological polar surface area (TPSA) is 50.4 Å². The highest BCUT2D eigenvalue weighted by Gasteiger charge is 2.16. The van der Waals surface area contributed by atoms with Crippen molar-refractivity contribution in [3.63, 3.8) is 0 Å². The lowest BCUT2D eigenvalue weighted by Gasteiger charge is -2.20. The predicted molar refractivity (Wildman–Crippen MR) is 95.2 cm³/mol. The third-order valence-electron chi connectivity index (χ3n) is 3.71. The van der Waals surface area contributed by atoms with Crippen molar-refractivity contribution < 1.29 is 9.53 Å². The zero-order chi connectivity index (χ0) is 16.8. The molecule has 0 saturated carbocycles. The van der Waals surface area contributed by atoms with E-state index in [1.54, 1.807) is 7.11 Å². The summed E-state index contributed by atoms with van der Waals surface area (Å²) in [5, 5.41) is 6.20. The van der Waals surface area contributed by atoms with Crippen LogP contribution in [0.5, 0.6) is 5.75 Å². The van der Waals surface area contributed by atoms with E-state index in [0.717, 1.165) is 5.69 Å². The number of benzene rings is 2. The molecule has 0 bridgehead atoms. The number of amides is 1. The molecule has 4 nitrogen and oxygen atoms in total. The number of hydrogen-bond acceptors (Lipinski definition) is 3. The lowest BCUT2D eigenvalue weighted by Crippen LogP contribution is -2.32. The monoisotopic (exact) mass is 312 g/mol. The molecule has 0 radical (unpaired) electrons. The first-order valence-corrected chi connectivity index (χ1v) is 7.82. The minimum absolute atomic E-state index is 0.104. The number of anilines is 2. The summed E-state index contributed by atoms with van der Waals surface area (Å²) in [5.41, 5.74) is 2.86. The summed E-state index contributed by atoms with van der Waals surface area (Å²) in [5.74, 6) is 0.937. The Morgan fingerprint density at radius 1 is 0.957 bits per heavy atom. The molecule has 1 amide bonds. The second-order valence-electron chi connectivity index (χ2n) is 5.80. The Morgan fingerprint density at radius 2 is 1.57 bits per heavy atom. The van der Waals surface area contributed by atoms with E-state index in [1.165, 1.54) is 5.56 Å². The predicted octanol–water partition coefficient (Wildman–Crippen LogP) is 4.26. The van der Waals surface area contributed by atoms with Gasteiger partial charge in [-0.2, -0.15) is 0 Å². The molecule has 0 spiro atoms. The molecule has 0 fully saturated rings. The average molecular weight is 312 g/mol. The van der Waals surface area contributed by atoms with Crippen molar-refractivity contribution >= 4 is 17.3 Å². The smallest absolute Gasteiger partial charge is 0.246 e. The number of para-hydroxylation sites is 3. The van der Waals surface area contributed by atoms with Gasteiger partial charge in [0, 0.05) is 5.69 Å². The Hall–Kier alpha value is -2.49. The molecular formula is C19H24N2O2. The largest absolute Gasteiger partial charge is 0.495 e. The lowest BCUT2D eigenvalue weighted by molar-refractivity contribution is -0.116. The first-order valence-electron chi connectivity index (χ1n) is 7.82. The number of rotatable bonds is 6. The van der Waals surface area contributed by atoms with Crippen LogP contribution in [0, 0.1) is 0 Å². The van der Waals surface area contributed by atoms with Crippen LogP contribution < -0.4 is 15.4 Å². The van der Waals surface area contributed by atoms with Crippen molar-refractivity contribution in [2.75, 3.05) is 17.7 Å². The van der Waals surface area contributed by atoms with Gasteiger partial charge in [-0.3, -0.25) is 4.79 Å². The van der Waals surface area contributed by atoms with Crippen molar-refractivity contribution in [2.24, 2.45) is 0 Å². The molecule has 0 unspecified atom stereocenters. The number of nitrogens with one attached hydrogen (secondary N) is 2. The maximum atomic E-state index is 12.4. The van der Waals surface area contributed by atoms with Gasteiger partial charge in [-0.05, 0) is 36.6 Å². The fourth-order valence-corrected chi connectivity index (χ4v) is 2.42. The first kappa shape index (κ1) is 16.9. The highest BCUT2D eigenvalue weighted by Crippen LogP contribution is 2.25. The second-order valence-corrected chi connectivity index (χ2v) is 5.80. The van der Waals surface area contributed by atoms with E-state index in [4.69, 9.17) is 4.74 Å². The summed E-state index contributed by atoms with van der Waals surface area (Å²) in [6.07, 6.45) is 0. The highest BCUT2D eigenvalue weighted by atomic mass is 16.5. The van der Waals surface area contributed by atoms with Gasteiger partial charge in [-0.1, -0.05) is 44.2 Å². The van der Waals surface area contributed by atoms with Crippen LogP contribution >= 0.6 is 0 Å². The van der Waals surface area contributed by atoms with Crippen molar-refractivity contribution in [1.82, 2.24) is 0 Å². The molecule has 0 heterocycles. The van der Waals surface area contributed by atoms with E-state index in [2.05, 4.69) is 30.5 Å². The van der Waals surface area contributed by atoms with Crippen LogP contribution in [0.4, 0.5) is 11.4 Å². The SMILES string of the molecule is COc1ccccc1NC(=O)[C@@H](C)Nc1ccccc1C(C)C. The molecule has 23 heavy (non-hydrogen) atoms. The van der Waals surface area contributed by atoms with Gasteiger partial charge in [0.1, 0.15) is 11.8 Å². The van der Waals surface area contributed by atoms with E-state index < -0.39 is 0 Å². The van der Waals surface area contributed by atoms with Gasteiger partial charge in [-0.15, -0.1) is 0 Å². The summed E-state index contributed by atoms with van der Waals surface area (Å²) >= 11 is 0. The van der Waals surface area contributed by atoms with Gasteiger partial charge in [0.05, 0.1) is 12.8 Å². The zero-order valence-electron chi connectivity index (χ0n) is 14.1. The number of methoxy groups -OCH3 is 1. The Kier molecular flexibility index (Phi) is 5.63. The fourth-order valence-electron chi connectivity index (χ4n) is 2.42. The van der Waals surface area contributed by atoms with Gasteiger partial charge in [-0.25, -0.2) is 0 Å². The number of ether oxygens (including phenoxy) is 1. The highest BCUT2D eigenvalue weighted by molar-refractivity contribution is 5.97. The van der Waals surface area contributed by atoms with E-state index in [0.29, 0.717) is 17.4 Å². The first-order chi connectivity index (χ1) is 11.0. The van der Waals surface area contributed by atoms with Gasteiger partial charge >= 0.3 is 0 Å². The normalized spacial score (nSPS) is 11.9. The summed E-state index contributed by atoms with van der Waals surface area (Å²) in [7, 11) is 1.59. The van der Waals surface area contributed by atoms with Gasteiger partial charge in [0.2, 0.25) is 5.91 Å². The quantitative estimate of drug-likeness (QED) is 0.838. The summed E-state index contributed by atoms with van der Waals surface area (Å²) < 4.78 is 5.26. The Balaban J connectivity index is 2.09. The molecule has 0 aliphatic carbocycles. The van der Waals surface area contributed by atoms with Crippen LogP contribution in [0.2, 0.25) is 0 Å². The standard InChI is InChI=1S/C19H24N2O2/c1-13(2)15-9-5-6-10-16(15)20-14(3)19(22)21-17-11-7-8-12-18(17)23-4/h5-14,20H,1-4H3,(H,21,22)/t14-/m1/s1. The number of carbonyl (C=O) groups is 1. The van der Waals surface area contributed by atoms with Crippen molar-refractivity contribution in [2.45, 2.75) is 32.7 Å². The molecule has 122 valence electrons. The summed E-state index contributed by atoms with van der Waals surface area (Å²) in [6.45, 7) is 6.13. The minimum Gasteiger partial charge on any atom is -0.495 e. The van der Waals surface area contributed by atoms with Crippen molar-refractivity contribution in [1.29, 1.82) is 0 Å².